The van der Waals surface area contributed by atoms with Gasteiger partial charge in [0.2, 0.25) is 5.95 Å². The number of hydrogen-bond donors (Lipinski definition) is 1. The van der Waals surface area contributed by atoms with Crippen LogP contribution in [-0.2, 0) is 4.74 Å². The van der Waals surface area contributed by atoms with Crippen LogP contribution < -0.4 is 14.8 Å². The number of fused-ring (bicyclic) bond motifs is 1. The van der Waals surface area contributed by atoms with Crippen molar-refractivity contribution in [1.29, 1.82) is 0 Å². The number of halogens is 3. The van der Waals surface area contributed by atoms with Gasteiger partial charge < -0.3 is 24.1 Å². The van der Waals surface area contributed by atoms with Crippen LogP contribution in [0.4, 0.5) is 24.8 Å². The summed E-state index contributed by atoms with van der Waals surface area (Å²) >= 11 is 0. The van der Waals surface area contributed by atoms with Gasteiger partial charge in [0, 0.05) is 17.8 Å². The van der Waals surface area contributed by atoms with Crippen molar-refractivity contribution in [1.82, 2.24) is 9.55 Å². The largest absolute Gasteiger partial charge is 0.573 e. The predicted molar refractivity (Wildman–Crippen MR) is 134 cm³/mol. The summed E-state index contributed by atoms with van der Waals surface area (Å²) in [7, 11) is 2.79. The number of imidazole rings is 1. The summed E-state index contributed by atoms with van der Waals surface area (Å²) in [5.74, 6) is 0.0369. The Balaban J connectivity index is 1.82. The maximum absolute atomic E-state index is 12.6. The van der Waals surface area contributed by atoms with E-state index in [1.165, 1.54) is 38.5 Å². The van der Waals surface area contributed by atoms with E-state index in [1.807, 2.05) is 0 Å². The number of alkyl halides is 3. The lowest BCUT2D eigenvalue weighted by Gasteiger charge is -2.45. The van der Waals surface area contributed by atoms with Crippen LogP contribution in [-0.4, -0.2) is 36.1 Å². The van der Waals surface area contributed by atoms with Gasteiger partial charge in [-0.05, 0) is 60.4 Å². The topological polar surface area (TPSA) is 74.6 Å². The second-order valence-corrected chi connectivity index (χ2v) is 11.1. The number of benzene rings is 2. The molecule has 1 heterocycles. The Bertz CT molecular complexity index is 1280. The molecule has 200 valence electrons. The molecule has 7 nitrogen and oxygen atoms in total. The first-order valence-electron chi connectivity index (χ1n) is 12.0. The third kappa shape index (κ3) is 5.94. The molecule has 0 spiro atoms. The zero-order chi connectivity index (χ0) is 27.2. The summed E-state index contributed by atoms with van der Waals surface area (Å²) in [5, 5.41) is 3.26. The first kappa shape index (κ1) is 26.6. The van der Waals surface area contributed by atoms with Crippen molar-refractivity contribution in [3.63, 3.8) is 0 Å². The van der Waals surface area contributed by atoms with Crippen LogP contribution in [0.25, 0.3) is 11.0 Å². The van der Waals surface area contributed by atoms with Gasteiger partial charge in [0.05, 0.1) is 25.3 Å². The van der Waals surface area contributed by atoms with Crippen molar-refractivity contribution in [2.45, 2.75) is 59.4 Å². The van der Waals surface area contributed by atoms with Crippen molar-refractivity contribution >= 4 is 28.6 Å². The average molecular weight is 520 g/mol. The summed E-state index contributed by atoms with van der Waals surface area (Å²) in [6.07, 6.45) is -1.89. The summed E-state index contributed by atoms with van der Waals surface area (Å²) in [5.41, 5.74) is 2.30. The second kappa shape index (κ2) is 9.46. The molecular weight excluding hydrogens is 487 g/mol. The molecule has 0 unspecified atom stereocenters. The Hall–Kier alpha value is -3.43. The van der Waals surface area contributed by atoms with Gasteiger partial charge in [-0.1, -0.05) is 27.7 Å². The lowest BCUT2D eigenvalue weighted by atomic mass is 9.63. The van der Waals surface area contributed by atoms with Gasteiger partial charge in [-0.25, -0.2) is 9.78 Å². The molecule has 1 aliphatic rings. The summed E-state index contributed by atoms with van der Waals surface area (Å²) < 4.78 is 54.2. The van der Waals surface area contributed by atoms with E-state index in [2.05, 4.69) is 42.3 Å². The van der Waals surface area contributed by atoms with Gasteiger partial charge in [0.15, 0.2) is 0 Å². The van der Waals surface area contributed by atoms with Gasteiger partial charge in [-0.3, -0.25) is 0 Å². The molecule has 1 N–H and O–H groups in total. The van der Waals surface area contributed by atoms with Crippen LogP contribution in [0.5, 0.6) is 11.5 Å². The number of ether oxygens (including phenoxy) is 3. The molecule has 1 saturated carbocycles. The van der Waals surface area contributed by atoms with Crippen molar-refractivity contribution in [2.24, 2.45) is 10.8 Å². The Morgan fingerprint density at radius 1 is 1.05 bits per heavy atom. The number of aromatic nitrogens is 2. The zero-order valence-corrected chi connectivity index (χ0v) is 21.8. The minimum absolute atomic E-state index is 0.0763. The molecule has 10 heteroatoms. The molecule has 0 atom stereocenters. The van der Waals surface area contributed by atoms with Crippen LogP contribution in [0.2, 0.25) is 0 Å². The van der Waals surface area contributed by atoms with E-state index in [0.29, 0.717) is 22.9 Å². The van der Waals surface area contributed by atoms with Gasteiger partial charge in [-0.2, -0.15) is 0 Å². The average Bonchev–Trinajstić information content (AvgIpc) is 3.12. The summed E-state index contributed by atoms with van der Waals surface area (Å²) in [6, 6.07) is 8.99. The van der Waals surface area contributed by atoms with Crippen molar-refractivity contribution in [2.75, 3.05) is 19.5 Å². The van der Waals surface area contributed by atoms with Gasteiger partial charge in [-0.15, -0.1) is 13.2 Å². The first-order valence-corrected chi connectivity index (χ1v) is 12.0. The van der Waals surface area contributed by atoms with E-state index in [9.17, 15) is 18.0 Å². The molecule has 0 saturated heterocycles. The first-order chi connectivity index (χ1) is 17.2. The van der Waals surface area contributed by atoms with E-state index in [1.54, 1.807) is 12.1 Å². The smallest absolute Gasteiger partial charge is 0.496 e. The molecule has 0 aliphatic heterocycles. The fourth-order valence-electron chi connectivity index (χ4n) is 5.86. The molecule has 0 amide bonds. The number of nitrogens with zero attached hydrogens (tertiary/aromatic N) is 2. The Morgan fingerprint density at radius 3 is 2.22 bits per heavy atom. The van der Waals surface area contributed by atoms with Crippen molar-refractivity contribution in [3.8, 4) is 11.5 Å². The fourth-order valence-corrected chi connectivity index (χ4v) is 5.86. The SMILES string of the molecule is COC(=O)c1cc2nc(Nc3ccc(OC(F)(F)F)cc3)n(C3CC(C)(C)CC(C)(C)C3)c2cc1OC. The van der Waals surface area contributed by atoms with Crippen LogP contribution in [0.3, 0.4) is 0 Å². The number of rotatable bonds is 6. The number of hydrogen-bond acceptors (Lipinski definition) is 6. The van der Waals surface area contributed by atoms with Gasteiger partial charge >= 0.3 is 12.3 Å². The normalized spacial score (nSPS) is 17.4. The second-order valence-electron chi connectivity index (χ2n) is 11.1. The van der Waals surface area contributed by atoms with Crippen LogP contribution in [0, 0.1) is 10.8 Å². The number of methoxy groups -OCH3 is 2. The van der Waals surface area contributed by atoms with Crippen LogP contribution in [0.1, 0.15) is 63.4 Å². The molecule has 1 aromatic heterocycles. The Labute approximate surface area is 213 Å². The highest BCUT2D eigenvalue weighted by atomic mass is 19.4. The fraction of sp³-hybridized carbons (Fsp3) is 0.481. The van der Waals surface area contributed by atoms with Crippen molar-refractivity contribution < 1.29 is 32.2 Å². The van der Waals surface area contributed by atoms with E-state index in [4.69, 9.17) is 14.5 Å². The van der Waals surface area contributed by atoms with Crippen molar-refractivity contribution in [3.05, 3.63) is 42.0 Å². The molecule has 1 aliphatic carbocycles. The molecule has 1 fully saturated rings. The number of anilines is 2. The Kier molecular flexibility index (Phi) is 6.81. The number of nitrogens with one attached hydrogen (secondary N) is 1. The molecule has 0 radical (unpaired) electrons. The molecular formula is C27H32F3N3O4. The van der Waals surface area contributed by atoms with Crippen LogP contribution >= 0.6 is 0 Å². The lowest BCUT2D eigenvalue weighted by Crippen LogP contribution is -2.35. The van der Waals surface area contributed by atoms with E-state index < -0.39 is 12.3 Å². The van der Waals surface area contributed by atoms with E-state index in [-0.39, 0.29) is 28.2 Å². The highest BCUT2D eigenvalue weighted by Gasteiger charge is 2.40. The monoisotopic (exact) mass is 519 g/mol. The molecule has 3 aromatic rings. The highest BCUT2D eigenvalue weighted by Crippen LogP contribution is 2.51. The molecule has 0 bridgehead atoms. The van der Waals surface area contributed by atoms with Crippen LogP contribution in [0.15, 0.2) is 36.4 Å². The minimum atomic E-state index is -4.76. The van der Waals surface area contributed by atoms with E-state index in [0.717, 1.165) is 24.8 Å². The molecule has 2 aromatic carbocycles. The number of esters is 1. The molecule has 4 rings (SSSR count). The third-order valence-corrected chi connectivity index (χ3v) is 6.66. The summed E-state index contributed by atoms with van der Waals surface area (Å²) in [4.78, 5) is 17.2. The predicted octanol–water partition coefficient (Wildman–Crippen LogP) is 7.25. The van der Waals surface area contributed by atoms with E-state index >= 15 is 0 Å². The molecule has 37 heavy (non-hydrogen) atoms. The number of carbonyl (C=O) groups excluding carboxylic acids is 1. The van der Waals surface area contributed by atoms with Gasteiger partial charge in [0.1, 0.15) is 17.1 Å². The maximum atomic E-state index is 12.6. The number of carbonyl (C=O) groups is 1. The minimum Gasteiger partial charge on any atom is -0.496 e. The third-order valence-electron chi connectivity index (χ3n) is 6.66. The summed E-state index contributed by atoms with van der Waals surface area (Å²) in [6.45, 7) is 9.01. The van der Waals surface area contributed by atoms with Gasteiger partial charge in [0.25, 0.3) is 0 Å². The quantitative estimate of drug-likeness (QED) is 0.346. The zero-order valence-electron chi connectivity index (χ0n) is 21.8. The lowest BCUT2D eigenvalue weighted by molar-refractivity contribution is -0.274. The Morgan fingerprint density at radius 2 is 1.68 bits per heavy atom. The standard InChI is InChI=1S/C27H32F3N3O4/c1-25(2)13-17(14-26(3,4)15-25)33-21-12-22(35-5)19(23(34)36-6)11-20(21)32-24(33)31-16-7-9-18(10-8-16)37-27(28,29)30/h7-12,17H,13-15H2,1-6H3,(H,31,32). The maximum Gasteiger partial charge on any atom is 0.573 e. The highest BCUT2D eigenvalue weighted by molar-refractivity contribution is 5.97.